The van der Waals surface area contributed by atoms with Gasteiger partial charge in [0, 0.05) is 17.1 Å². The zero-order chi connectivity index (χ0) is 15.2. The second kappa shape index (κ2) is 7.19. The number of carbonyl (C=O) groups excluding carboxylic acids is 1. The first kappa shape index (κ1) is 15.5. The summed E-state index contributed by atoms with van der Waals surface area (Å²) >= 11 is 1.55. The molecule has 1 aromatic carbocycles. The third-order valence-corrected chi connectivity index (χ3v) is 3.82. The van der Waals surface area contributed by atoms with Gasteiger partial charge in [0.1, 0.15) is 0 Å². The molecule has 0 fully saturated rings. The average molecular weight is 305 g/mol. The van der Waals surface area contributed by atoms with Gasteiger partial charge in [-0.1, -0.05) is 0 Å². The maximum Gasteiger partial charge on any atom is 0.338 e. The Kier molecular flexibility index (Phi) is 5.30. The predicted octanol–water partition coefficient (Wildman–Crippen LogP) is 3.34. The van der Waals surface area contributed by atoms with Crippen molar-refractivity contribution in [3.63, 3.8) is 0 Å². The number of esters is 1. The fourth-order valence-electron chi connectivity index (χ4n) is 1.72. The van der Waals surface area contributed by atoms with Crippen LogP contribution in [-0.4, -0.2) is 24.6 Å². The van der Waals surface area contributed by atoms with Crippen molar-refractivity contribution in [3.8, 4) is 0 Å². The molecule has 6 heteroatoms. The van der Waals surface area contributed by atoms with Crippen molar-refractivity contribution >= 4 is 28.1 Å². The zero-order valence-electron chi connectivity index (χ0n) is 12.3. The summed E-state index contributed by atoms with van der Waals surface area (Å²) in [5, 5.41) is 9.24. The molecule has 2 N–H and O–H groups in total. The summed E-state index contributed by atoms with van der Waals surface area (Å²) in [6.07, 6.45) is 0. The highest BCUT2D eigenvalue weighted by molar-refractivity contribution is 7.13. The van der Waals surface area contributed by atoms with Crippen LogP contribution >= 0.6 is 11.3 Å². The minimum absolute atomic E-state index is 0.225. The van der Waals surface area contributed by atoms with Gasteiger partial charge in [0.15, 0.2) is 5.13 Å². The van der Waals surface area contributed by atoms with E-state index in [-0.39, 0.29) is 12.0 Å². The average Bonchev–Trinajstić information content (AvgIpc) is 2.96. The smallest absolute Gasteiger partial charge is 0.338 e. The molecule has 0 spiro atoms. The maximum absolute atomic E-state index is 11.6. The summed E-state index contributed by atoms with van der Waals surface area (Å²) in [6.45, 7) is 4.23. The van der Waals surface area contributed by atoms with Crippen molar-refractivity contribution < 1.29 is 9.53 Å². The molecule has 0 aliphatic carbocycles. The van der Waals surface area contributed by atoms with E-state index in [4.69, 9.17) is 4.74 Å². The third-order valence-electron chi connectivity index (χ3n) is 3.05. The summed E-state index contributed by atoms with van der Waals surface area (Å²) in [4.78, 5) is 16.1. The van der Waals surface area contributed by atoms with E-state index >= 15 is 0 Å². The molecule has 112 valence electrons. The van der Waals surface area contributed by atoms with Crippen LogP contribution in [0.3, 0.4) is 0 Å². The van der Waals surface area contributed by atoms with Gasteiger partial charge in [-0.15, -0.1) is 11.3 Å². The summed E-state index contributed by atoms with van der Waals surface area (Å²) in [7, 11) is 1.91. The van der Waals surface area contributed by atoms with E-state index in [2.05, 4.69) is 22.5 Å². The molecule has 1 atom stereocenters. The van der Waals surface area contributed by atoms with Crippen LogP contribution in [0.4, 0.5) is 10.8 Å². The summed E-state index contributed by atoms with van der Waals surface area (Å²) < 4.78 is 4.95. The Balaban J connectivity index is 2.03. The highest BCUT2D eigenvalue weighted by atomic mass is 32.1. The third kappa shape index (κ3) is 4.03. The molecule has 0 aliphatic rings. The number of hydrogen-bond acceptors (Lipinski definition) is 6. The van der Waals surface area contributed by atoms with Gasteiger partial charge in [-0.25, -0.2) is 9.78 Å². The lowest BCUT2D eigenvalue weighted by Crippen LogP contribution is -2.12. The first-order chi connectivity index (χ1) is 10.1. The quantitative estimate of drug-likeness (QED) is 0.801. The van der Waals surface area contributed by atoms with Crippen molar-refractivity contribution in [2.24, 2.45) is 0 Å². The largest absolute Gasteiger partial charge is 0.462 e. The van der Waals surface area contributed by atoms with Crippen LogP contribution in [0.15, 0.2) is 29.6 Å². The van der Waals surface area contributed by atoms with Gasteiger partial charge < -0.3 is 15.4 Å². The number of carbonyl (C=O) groups is 1. The van der Waals surface area contributed by atoms with Gasteiger partial charge in [-0.05, 0) is 45.2 Å². The van der Waals surface area contributed by atoms with E-state index in [9.17, 15) is 4.79 Å². The second-order valence-corrected chi connectivity index (χ2v) is 5.37. The number of nitrogens with zero attached hydrogens (tertiary/aromatic N) is 1. The Morgan fingerprint density at radius 2 is 2.10 bits per heavy atom. The predicted molar refractivity (Wildman–Crippen MR) is 85.3 cm³/mol. The van der Waals surface area contributed by atoms with Crippen LogP contribution in [0.1, 0.15) is 35.9 Å². The van der Waals surface area contributed by atoms with Gasteiger partial charge in [0.2, 0.25) is 0 Å². The molecule has 0 saturated carbocycles. The molecule has 2 aromatic rings. The van der Waals surface area contributed by atoms with Crippen molar-refractivity contribution in [1.82, 2.24) is 10.3 Å². The Morgan fingerprint density at radius 3 is 2.71 bits per heavy atom. The van der Waals surface area contributed by atoms with Gasteiger partial charge in [0.25, 0.3) is 0 Å². The topological polar surface area (TPSA) is 63.2 Å². The van der Waals surface area contributed by atoms with Crippen molar-refractivity contribution in [1.29, 1.82) is 0 Å². The van der Waals surface area contributed by atoms with Crippen LogP contribution in [0, 0.1) is 0 Å². The number of nitrogens with one attached hydrogen (secondary N) is 2. The first-order valence-corrected chi connectivity index (χ1v) is 7.69. The standard InChI is InChI=1S/C15H19N3O2S/c1-4-20-14(19)11-5-7-12(8-6-11)17-15-18-13(9-21-15)10(2)16-3/h5-10,16H,4H2,1-3H3,(H,17,18). The lowest BCUT2D eigenvalue weighted by atomic mass is 10.2. The molecule has 0 aliphatic heterocycles. The van der Waals surface area contributed by atoms with E-state index in [0.29, 0.717) is 12.2 Å². The molecule has 1 heterocycles. The van der Waals surface area contributed by atoms with Crippen LogP contribution in [-0.2, 0) is 4.74 Å². The van der Waals surface area contributed by atoms with Crippen LogP contribution < -0.4 is 10.6 Å². The number of hydrogen-bond donors (Lipinski definition) is 2. The van der Waals surface area contributed by atoms with Gasteiger partial charge in [0.05, 0.1) is 17.9 Å². The summed E-state index contributed by atoms with van der Waals surface area (Å²) in [5.74, 6) is -0.302. The molecule has 2 rings (SSSR count). The Morgan fingerprint density at radius 1 is 1.38 bits per heavy atom. The molecule has 21 heavy (non-hydrogen) atoms. The first-order valence-electron chi connectivity index (χ1n) is 6.81. The zero-order valence-corrected chi connectivity index (χ0v) is 13.2. The van der Waals surface area contributed by atoms with E-state index in [1.807, 2.05) is 24.6 Å². The highest BCUT2D eigenvalue weighted by Gasteiger charge is 2.09. The fourth-order valence-corrected chi connectivity index (χ4v) is 2.54. The van der Waals surface area contributed by atoms with Crippen LogP contribution in [0.2, 0.25) is 0 Å². The van der Waals surface area contributed by atoms with Gasteiger partial charge in [-0.2, -0.15) is 0 Å². The highest BCUT2D eigenvalue weighted by Crippen LogP contribution is 2.24. The number of ether oxygens (including phenoxy) is 1. The Hall–Kier alpha value is -1.92. The molecule has 1 aromatic heterocycles. The molecule has 0 amide bonds. The number of anilines is 2. The monoisotopic (exact) mass is 305 g/mol. The number of rotatable bonds is 6. The number of thiazole rings is 1. The molecular weight excluding hydrogens is 286 g/mol. The SMILES string of the molecule is CCOC(=O)c1ccc(Nc2nc(C(C)NC)cs2)cc1. The minimum Gasteiger partial charge on any atom is -0.462 e. The van der Waals surface area contributed by atoms with E-state index in [1.54, 1.807) is 30.4 Å². The molecule has 5 nitrogen and oxygen atoms in total. The lowest BCUT2D eigenvalue weighted by Gasteiger charge is -2.06. The molecule has 1 unspecified atom stereocenters. The minimum atomic E-state index is -0.302. The van der Waals surface area contributed by atoms with E-state index < -0.39 is 0 Å². The normalized spacial score (nSPS) is 12.0. The molecular formula is C15H19N3O2S. The Labute approximate surface area is 128 Å². The van der Waals surface area contributed by atoms with Crippen LogP contribution in [0.25, 0.3) is 0 Å². The van der Waals surface area contributed by atoms with Crippen molar-refractivity contribution in [2.75, 3.05) is 19.0 Å². The number of benzene rings is 1. The molecule has 0 saturated heterocycles. The van der Waals surface area contributed by atoms with Gasteiger partial charge in [-0.3, -0.25) is 0 Å². The van der Waals surface area contributed by atoms with Gasteiger partial charge >= 0.3 is 5.97 Å². The lowest BCUT2D eigenvalue weighted by molar-refractivity contribution is 0.0526. The van der Waals surface area contributed by atoms with Crippen LogP contribution in [0.5, 0.6) is 0 Å². The molecule has 0 radical (unpaired) electrons. The molecule has 0 bridgehead atoms. The Bertz CT molecular complexity index is 595. The maximum atomic E-state index is 11.6. The van der Waals surface area contributed by atoms with Crippen molar-refractivity contribution in [3.05, 3.63) is 40.9 Å². The summed E-state index contributed by atoms with van der Waals surface area (Å²) in [6, 6.07) is 7.39. The van der Waals surface area contributed by atoms with E-state index in [0.717, 1.165) is 16.5 Å². The summed E-state index contributed by atoms with van der Waals surface area (Å²) in [5.41, 5.74) is 2.44. The van der Waals surface area contributed by atoms with Crippen molar-refractivity contribution in [2.45, 2.75) is 19.9 Å². The fraction of sp³-hybridized carbons (Fsp3) is 0.333. The second-order valence-electron chi connectivity index (χ2n) is 4.51. The number of aromatic nitrogens is 1. The van der Waals surface area contributed by atoms with E-state index in [1.165, 1.54) is 0 Å².